The smallest absolute Gasteiger partial charge is 0.425 e. The van der Waals surface area contributed by atoms with Gasteiger partial charge < -0.3 is 9.84 Å². The summed E-state index contributed by atoms with van der Waals surface area (Å²) in [6, 6.07) is 15.4. The zero-order valence-electron chi connectivity index (χ0n) is 25.9. The molecule has 0 radical (unpaired) electrons. The van der Waals surface area contributed by atoms with Crippen LogP contribution in [0.1, 0.15) is 61.1 Å². The Morgan fingerprint density at radius 2 is 1.52 bits per heavy atom. The maximum Gasteiger partial charge on any atom is 0.425 e. The predicted molar refractivity (Wildman–Crippen MR) is 166 cm³/mol. The molecule has 12 nitrogen and oxygen atoms in total. The normalized spacial score (nSPS) is 12.3. The number of anilines is 1. The quantitative estimate of drug-likeness (QED) is 0.260. The molecule has 2 heterocycles. The molecule has 44 heavy (non-hydrogen) atoms. The first-order valence-corrected chi connectivity index (χ1v) is 15.5. The van der Waals surface area contributed by atoms with Crippen LogP contribution in [0.2, 0.25) is 0 Å². The number of hydrogen-bond acceptors (Lipinski definition) is 9. The first-order valence-electron chi connectivity index (χ1n) is 13.9. The van der Waals surface area contributed by atoms with Gasteiger partial charge >= 0.3 is 12.2 Å². The van der Waals surface area contributed by atoms with E-state index in [0.717, 1.165) is 0 Å². The molecule has 4 aromatic rings. The van der Waals surface area contributed by atoms with Crippen molar-refractivity contribution in [1.29, 1.82) is 0 Å². The van der Waals surface area contributed by atoms with Crippen molar-refractivity contribution < 1.29 is 27.9 Å². The van der Waals surface area contributed by atoms with E-state index in [1.54, 1.807) is 52.9 Å². The van der Waals surface area contributed by atoms with Crippen LogP contribution in [0, 0.1) is 0 Å². The van der Waals surface area contributed by atoms with Crippen LogP contribution < -0.4 is 4.90 Å². The Morgan fingerprint density at radius 3 is 2.05 bits per heavy atom. The Labute approximate surface area is 256 Å². The lowest BCUT2D eigenvalue weighted by atomic mass is 9.88. The highest BCUT2D eigenvalue weighted by Crippen LogP contribution is 2.37. The average Bonchev–Trinajstić information content (AvgIpc) is 3.42. The summed E-state index contributed by atoms with van der Waals surface area (Å²) in [5.41, 5.74) is 0.352. The van der Waals surface area contributed by atoms with Crippen molar-refractivity contribution in [1.82, 2.24) is 25.0 Å². The molecule has 0 atom stereocenters. The molecule has 0 aliphatic heterocycles. The van der Waals surface area contributed by atoms with Gasteiger partial charge in [-0.3, -0.25) is 0 Å². The maximum absolute atomic E-state index is 13.3. The van der Waals surface area contributed by atoms with E-state index >= 15 is 0 Å². The third-order valence-corrected chi connectivity index (χ3v) is 8.57. The van der Waals surface area contributed by atoms with Gasteiger partial charge in [0.1, 0.15) is 17.0 Å². The molecule has 0 aliphatic carbocycles. The van der Waals surface area contributed by atoms with Crippen molar-refractivity contribution in [3.63, 3.8) is 0 Å². The van der Waals surface area contributed by atoms with Crippen LogP contribution >= 0.6 is 0 Å². The van der Waals surface area contributed by atoms with Crippen LogP contribution in [0.5, 0.6) is 0 Å². The summed E-state index contributed by atoms with van der Waals surface area (Å²) in [5, 5.41) is 18.1. The van der Waals surface area contributed by atoms with Gasteiger partial charge in [0.2, 0.25) is 0 Å². The molecule has 0 spiro atoms. The van der Waals surface area contributed by atoms with Gasteiger partial charge in [-0.05, 0) is 58.9 Å². The van der Waals surface area contributed by atoms with E-state index in [4.69, 9.17) is 14.7 Å². The summed E-state index contributed by atoms with van der Waals surface area (Å²) in [5.74, 6) is -0.306. The molecule has 0 unspecified atom stereocenters. The van der Waals surface area contributed by atoms with Crippen molar-refractivity contribution in [3.8, 4) is 28.3 Å². The van der Waals surface area contributed by atoms with Crippen molar-refractivity contribution >= 4 is 27.8 Å². The van der Waals surface area contributed by atoms with Gasteiger partial charge in [0.05, 0.1) is 33.4 Å². The van der Waals surface area contributed by atoms with Crippen LogP contribution in [0.4, 0.5) is 15.4 Å². The Balaban J connectivity index is 2.01. The number of imide groups is 1. The third-order valence-electron chi connectivity index (χ3n) is 6.40. The highest BCUT2D eigenvalue weighted by atomic mass is 32.2. The summed E-state index contributed by atoms with van der Waals surface area (Å²) in [6.45, 7) is 13.7. The van der Waals surface area contributed by atoms with Gasteiger partial charge in [-0.15, -0.1) is 5.10 Å². The molecule has 2 aromatic heterocycles. The number of nitrogens with zero attached hydrogens (tertiary/aromatic N) is 6. The largest absolute Gasteiger partial charge is 0.464 e. The number of ether oxygens (including phenoxy) is 1. The number of amides is 2. The lowest BCUT2D eigenvalue weighted by Crippen LogP contribution is -2.41. The van der Waals surface area contributed by atoms with E-state index < -0.39 is 38.3 Å². The lowest BCUT2D eigenvalue weighted by molar-refractivity contribution is 0.0580. The van der Waals surface area contributed by atoms with E-state index in [1.807, 2.05) is 51.1 Å². The second-order valence-corrected chi connectivity index (χ2v) is 14.9. The fraction of sp³-hybridized carbons (Fsp3) is 0.355. The van der Waals surface area contributed by atoms with Crippen LogP contribution in [0.25, 0.3) is 28.3 Å². The number of carboxylic acid groups (broad SMARTS) is 1. The van der Waals surface area contributed by atoms with Crippen molar-refractivity contribution in [3.05, 3.63) is 66.5 Å². The number of benzene rings is 2. The summed E-state index contributed by atoms with van der Waals surface area (Å²) < 4.78 is 32.4. The molecular formula is C31H36N6O6S. The Hall–Kier alpha value is -4.65. The third kappa shape index (κ3) is 6.77. The molecule has 4 rings (SSSR count). The van der Waals surface area contributed by atoms with E-state index in [0.29, 0.717) is 27.5 Å². The molecule has 13 heteroatoms. The number of para-hydroxylation sites is 1. The van der Waals surface area contributed by atoms with E-state index in [2.05, 4.69) is 10.3 Å². The van der Waals surface area contributed by atoms with Gasteiger partial charge in [-0.1, -0.05) is 56.3 Å². The van der Waals surface area contributed by atoms with Crippen LogP contribution in [0.3, 0.4) is 0 Å². The molecule has 0 bridgehead atoms. The second kappa shape index (κ2) is 11.8. The standard InChI is InChI=1S/C31H36N6O6S/c1-19(2)44(41,42)22-16-14-20(15-17-22)24-26(30(3,4)5)33-27(37(28(38)39)29(40)43-31(6,7)8)25(32-24)23-18-36(35-34-23)21-12-10-9-11-13-21/h9-19H,1-8H3,(H,38,39). The van der Waals surface area contributed by atoms with Crippen molar-refractivity contribution in [2.45, 2.75) is 76.6 Å². The van der Waals surface area contributed by atoms with Crippen molar-refractivity contribution in [2.75, 3.05) is 4.90 Å². The predicted octanol–water partition coefficient (Wildman–Crippen LogP) is 6.29. The Kier molecular flexibility index (Phi) is 8.65. The highest BCUT2D eigenvalue weighted by Gasteiger charge is 2.36. The van der Waals surface area contributed by atoms with Crippen LogP contribution in [0.15, 0.2) is 65.7 Å². The zero-order valence-corrected chi connectivity index (χ0v) is 26.7. The molecule has 1 N–H and O–H groups in total. The molecule has 2 amide bonds. The highest BCUT2D eigenvalue weighted by molar-refractivity contribution is 7.92. The summed E-state index contributed by atoms with van der Waals surface area (Å²) in [7, 11) is -3.52. The molecule has 0 aliphatic rings. The van der Waals surface area contributed by atoms with E-state index in [1.165, 1.54) is 16.8 Å². The number of carbonyl (C=O) groups excluding carboxylic acids is 1. The molecular weight excluding hydrogens is 584 g/mol. The summed E-state index contributed by atoms with van der Waals surface area (Å²) in [6.07, 6.45) is -1.23. The topological polar surface area (TPSA) is 157 Å². The van der Waals surface area contributed by atoms with Crippen LogP contribution in [-0.4, -0.2) is 61.5 Å². The monoisotopic (exact) mass is 620 g/mol. The van der Waals surface area contributed by atoms with Crippen molar-refractivity contribution in [2.24, 2.45) is 0 Å². The second-order valence-electron chi connectivity index (χ2n) is 12.4. The molecule has 2 aromatic carbocycles. The summed E-state index contributed by atoms with van der Waals surface area (Å²) in [4.78, 5) is 36.0. The van der Waals surface area contributed by atoms with Crippen LogP contribution in [-0.2, 0) is 20.0 Å². The van der Waals surface area contributed by atoms with Gasteiger partial charge in [-0.2, -0.15) is 4.90 Å². The minimum Gasteiger partial charge on any atom is -0.464 e. The van der Waals surface area contributed by atoms with Gasteiger partial charge in [0.25, 0.3) is 0 Å². The number of aromatic nitrogens is 5. The SMILES string of the molecule is CC(C)S(=O)(=O)c1ccc(-c2nc(-c3cn(-c4ccccc4)nn3)c(N(C(=O)O)C(=O)OC(C)(C)C)nc2C(C)(C)C)cc1. The Morgan fingerprint density at radius 1 is 0.909 bits per heavy atom. The van der Waals surface area contributed by atoms with Gasteiger partial charge in [-0.25, -0.2) is 32.7 Å². The van der Waals surface area contributed by atoms with E-state index in [9.17, 15) is 23.1 Å². The zero-order chi connectivity index (χ0) is 32.6. The van der Waals surface area contributed by atoms with Gasteiger partial charge in [0, 0.05) is 11.0 Å². The molecule has 0 fully saturated rings. The molecule has 232 valence electrons. The minimum absolute atomic E-state index is 0.0395. The lowest BCUT2D eigenvalue weighted by Gasteiger charge is -2.27. The molecule has 0 saturated heterocycles. The first kappa shape index (κ1) is 32.3. The number of rotatable bonds is 6. The molecule has 0 saturated carbocycles. The number of hydrogen-bond donors (Lipinski definition) is 1. The van der Waals surface area contributed by atoms with E-state index in [-0.39, 0.29) is 22.1 Å². The maximum atomic E-state index is 13.3. The summed E-state index contributed by atoms with van der Waals surface area (Å²) >= 11 is 0. The minimum atomic E-state index is -3.52. The average molecular weight is 621 g/mol. The number of carbonyl (C=O) groups is 2. The fourth-order valence-corrected chi connectivity index (χ4v) is 5.25. The Bertz CT molecular complexity index is 1790. The first-order chi connectivity index (χ1) is 20.4. The number of sulfone groups is 1. The fourth-order valence-electron chi connectivity index (χ4n) is 4.20. The van der Waals surface area contributed by atoms with Gasteiger partial charge in [0.15, 0.2) is 15.7 Å².